The summed E-state index contributed by atoms with van der Waals surface area (Å²) in [4.78, 5) is 27.8. The topological polar surface area (TPSA) is 87.3 Å². The van der Waals surface area contributed by atoms with Gasteiger partial charge in [-0.3, -0.25) is 4.79 Å². The number of carbonyl (C=O) groups is 1. The van der Waals surface area contributed by atoms with E-state index in [9.17, 15) is 14.9 Å². The third kappa shape index (κ3) is 3.41. The summed E-state index contributed by atoms with van der Waals surface area (Å²) in [7, 11) is 1.91. The van der Waals surface area contributed by atoms with Crippen LogP contribution in [0.3, 0.4) is 0 Å². The molecule has 150 valence electrons. The molecule has 4 rings (SSSR count). The second-order valence-electron chi connectivity index (χ2n) is 6.91. The number of nitrogens with zero attached hydrogens (tertiary/aromatic N) is 3. The van der Waals surface area contributed by atoms with E-state index in [1.807, 2.05) is 66.2 Å². The normalized spacial score (nSPS) is 10.9. The number of aryl methyl sites for hydroxylation is 2. The number of aromatic nitrogens is 2. The molecule has 0 aliphatic carbocycles. The van der Waals surface area contributed by atoms with Crippen molar-refractivity contribution in [2.75, 3.05) is 6.61 Å². The fourth-order valence-electron chi connectivity index (χ4n) is 3.60. The van der Waals surface area contributed by atoms with Crippen LogP contribution >= 0.6 is 0 Å². The summed E-state index contributed by atoms with van der Waals surface area (Å²) in [6, 6.07) is 20.4. The van der Waals surface area contributed by atoms with Crippen molar-refractivity contribution in [2.24, 2.45) is 7.05 Å². The Hall–Kier alpha value is -4.00. The predicted octanol–water partition coefficient (Wildman–Crippen LogP) is 4.72. The summed E-state index contributed by atoms with van der Waals surface area (Å²) in [5.41, 5.74) is 3.63. The van der Waals surface area contributed by atoms with E-state index in [4.69, 9.17) is 4.74 Å². The minimum atomic E-state index is -0.611. The van der Waals surface area contributed by atoms with Gasteiger partial charge in [0.1, 0.15) is 5.69 Å². The Morgan fingerprint density at radius 1 is 1.07 bits per heavy atom. The largest absolute Gasteiger partial charge is 0.477 e. The van der Waals surface area contributed by atoms with E-state index in [0.29, 0.717) is 11.3 Å². The first-order valence-electron chi connectivity index (χ1n) is 9.38. The minimum absolute atomic E-state index is 0.0274. The molecule has 0 radical (unpaired) electrons. The van der Waals surface area contributed by atoms with Crippen LogP contribution in [0.5, 0.6) is 5.75 Å². The van der Waals surface area contributed by atoms with E-state index in [1.54, 1.807) is 13.0 Å². The molecule has 7 heteroatoms. The molecule has 2 heterocycles. The summed E-state index contributed by atoms with van der Waals surface area (Å²) >= 11 is 0. The number of ketones is 1. The highest BCUT2D eigenvalue weighted by atomic mass is 16.6. The van der Waals surface area contributed by atoms with Crippen molar-refractivity contribution >= 4 is 22.5 Å². The average molecular weight is 401 g/mol. The first-order valence-corrected chi connectivity index (χ1v) is 9.38. The van der Waals surface area contributed by atoms with Gasteiger partial charge >= 0.3 is 5.82 Å². The monoisotopic (exact) mass is 401 g/mol. The van der Waals surface area contributed by atoms with Gasteiger partial charge in [0.2, 0.25) is 11.5 Å². The van der Waals surface area contributed by atoms with E-state index in [2.05, 4.69) is 4.98 Å². The van der Waals surface area contributed by atoms with Crippen molar-refractivity contribution in [1.29, 1.82) is 0 Å². The van der Waals surface area contributed by atoms with Gasteiger partial charge in [0, 0.05) is 24.9 Å². The fraction of sp³-hybridized carbons (Fsp3) is 0.130. The third-order valence-corrected chi connectivity index (χ3v) is 4.94. The number of rotatable bonds is 6. The lowest BCUT2D eigenvalue weighted by Gasteiger charge is -2.09. The van der Waals surface area contributed by atoms with Gasteiger partial charge in [0.15, 0.2) is 6.61 Å². The molecule has 0 aliphatic rings. The average Bonchev–Trinajstić information content (AvgIpc) is 3.06. The van der Waals surface area contributed by atoms with Crippen molar-refractivity contribution in [2.45, 2.75) is 6.92 Å². The van der Waals surface area contributed by atoms with Gasteiger partial charge < -0.3 is 19.4 Å². The smallest absolute Gasteiger partial charge is 0.406 e. The molecule has 0 saturated carbocycles. The number of hydrogen-bond donors (Lipinski definition) is 0. The van der Waals surface area contributed by atoms with E-state index in [1.165, 1.54) is 6.07 Å². The van der Waals surface area contributed by atoms with Crippen LogP contribution in [0, 0.1) is 17.0 Å². The number of pyridine rings is 1. The zero-order valence-electron chi connectivity index (χ0n) is 16.5. The lowest BCUT2D eigenvalue weighted by molar-refractivity contribution is -0.390. The van der Waals surface area contributed by atoms with Crippen molar-refractivity contribution in [1.82, 2.24) is 9.55 Å². The van der Waals surface area contributed by atoms with Crippen LogP contribution in [0.1, 0.15) is 16.1 Å². The Labute approximate surface area is 172 Å². The van der Waals surface area contributed by atoms with Crippen LogP contribution in [0.2, 0.25) is 0 Å². The van der Waals surface area contributed by atoms with E-state index in [0.717, 1.165) is 22.2 Å². The Balaban J connectivity index is 1.75. The highest BCUT2D eigenvalue weighted by Gasteiger charge is 2.24. The molecular weight excluding hydrogens is 382 g/mol. The molecule has 2 aromatic carbocycles. The Bertz CT molecular complexity index is 1260. The van der Waals surface area contributed by atoms with Gasteiger partial charge in [-0.15, -0.1) is 0 Å². The fourth-order valence-corrected chi connectivity index (χ4v) is 3.60. The summed E-state index contributed by atoms with van der Waals surface area (Å²) in [6.45, 7) is 1.32. The Kier molecular flexibility index (Phi) is 5.02. The molecule has 0 fully saturated rings. The summed E-state index contributed by atoms with van der Waals surface area (Å²) < 4.78 is 7.54. The predicted molar refractivity (Wildman–Crippen MR) is 114 cm³/mol. The first kappa shape index (κ1) is 19.3. The molecule has 0 unspecified atom stereocenters. The van der Waals surface area contributed by atoms with E-state index < -0.39 is 10.7 Å². The number of para-hydroxylation sites is 1. The van der Waals surface area contributed by atoms with Gasteiger partial charge in [-0.1, -0.05) is 48.5 Å². The Morgan fingerprint density at radius 2 is 1.77 bits per heavy atom. The quantitative estimate of drug-likeness (QED) is 0.265. The second kappa shape index (κ2) is 7.79. The third-order valence-electron chi connectivity index (χ3n) is 4.94. The van der Waals surface area contributed by atoms with E-state index >= 15 is 0 Å². The molecule has 2 aromatic heterocycles. The van der Waals surface area contributed by atoms with Gasteiger partial charge in [0.25, 0.3) is 0 Å². The molecular formula is C23H19N3O4. The lowest BCUT2D eigenvalue weighted by Crippen LogP contribution is -2.14. The molecule has 0 saturated heterocycles. The molecule has 0 N–H and O–H groups in total. The number of benzene rings is 2. The van der Waals surface area contributed by atoms with Crippen LogP contribution < -0.4 is 4.74 Å². The summed E-state index contributed by atoms with van der Waals surface area (Å²) in [6.07, 6.45) is 0. The number of ether oxygens (including phenoxy) is 1. The number of Topliss-reactive ketones (excluding diaryl/α,β-unsaturated/α-hetero) is 1. The molecule has 7 nitrogen and oxygen atoms in total. The number of nitro groups is 1. The van der Waals surface area contributed by atoms with Crippen LogP contribution in [-0.4, -0.2) is 26.9 Å². The van der Waals surface area contributed by atoms with E-state index in [-0.39, 0.29) is 18.1 Å². The highest BCUT2D eigenvalue weighted by Crippen LogP contribution is 2.34. The van der Waals surface area contributed by atoms with Gasteiger partial charge in [-0.2, -0.15) is 0 Å². The number of hydrogen-bond acceptors (Lipinski definition) is 5. The first-order chi connectivity index (χ1) is 14.5. The van der Waals surface area contributed by atoms with Crippen LogP contribution in [0.15, 0.2) is 66.7 Å². The lowest BCUT2D eigenvalue weighted by atomic mass is 10.0. The van der Waals surface area contributed by atoms with Crippen LogP contribution in [-0.2, 0) is 7.05 Å². The molecule has 30 heavy (non-hydrogen) atoms. The number of fused-ring (bicyclic) bond motifs is 1. The molecule has 0 atom stereocenters. The highest BCUT2D eigenvalue weighted by molar-refractivity contribution is 6.14. The Morgan fingerprint density at radius 3 is 2.50 bits per heavy atom. The van der Waals surface area contributed by atoms with Crippen LogP contribution in [0.25, 0.3) is 22.2 Å². The van der Waals surface area contributed by atoms with Crippen molar-refractivity contribution in [3.05, 3.63) is 88.1 Å². The molecule has 0 spiro atoms. The summed E-state index contributed by atoms with van der Waals surface area (Å²) in [5.74, 6) is -0.690. The zero-order chi connectivity index (χ0) is 21.3. The number of carbonyl (C=O) groups excluding carboxylic acids is 1. The summed E-state index contributed by atoms with van der Waals surface area (Å²) in [5, 5.41) is 12.1. The minimum Gasteiger partial charge on any atom is -0.477 e. The molecule has 0 amide bonds. The maximum Gasteiger partial charge on any atom is 0.406 e. The molecule has 0 aliphatic heterocycles. The van der Waals surface area contributed by atoms with Crippen LogP contribution in [0.4, 0.5) is 5.82 Å². The van der Waals surface area contributed by atoms with Crippen molar-refractivity contribution in [3.8, 4) is 17.0 Å². The maximum absolute atomic E-state index is 13.3. The van der Waals surface area contributed by atoms with Crippen molar-refractivity contribution < 1.29 is 14.5 Å². The molecule has 0 bridgehead atoms. The van der Waals surface area contributed by atoms with Gasteiger partial charge in [-0.05, 0) is 33.7 Å². The van der Waals surface area contributed by atoms with Gasteiger partial charge in [-0.25, -0.2) is 0 Å². The maximum atomic E-state index is 13.3. The molecule has 4 aromatic rings. The standard InChI is InChI=1S/C23H19N3O4/c1-15-12-13-20(23(24-15)26(28)29)30-14-19(27)21-17-10-6-7-11-18(17)25(2)22(21)16-8-4-3-5-9-16/h3-13H,14H2,1-2H3. The SMILES string of the molecule is Cc1ccc(OCC(=O)c2c(-c3ccccc3)n(C)c3ccccc23)c([N+](=O)[O-])n1. The van der Waals surface area contributed by atoms with Crippen molar-refractivity contribution in [3.63, 3.8) is 0 Å². The van der Waals surface area contributed by atoms with Gasteiger partial charge in [0.05, 0.1) is 11.3 Å². The zero-order valence-corrected chi connectivity index (χ0v) is 16.5. The second-order valence-corrected chi connectivity index (χ2v) is 6.91.